The number of benzene rings is 1. The minimum absolute atomic E-state index is 0.0362. The van der Waals surface area contributed by atoms with E-state index < -0.39 is 5.97 Å². The van der Waals surface area contributed by atoms with Gasteiger partial charge in [0, 0.05) is 30.3 Å². The second kappa shape index (κ2) is 15.2. The van der Waals surface area contributed by atoms with Crippen molar-refractivity contribution in [2.75, 3.05) is 31.7 Å². The van der Waals surface area contributed by atoms with Crippen molar-refractivity contribution in [2.45, 2.75) is 78.7 Å². The zero-order chi connectivity index (χ0) is 24.8. The van der Waals surface area contributed by atoms with Crippen LogP contribution in [-0.4, -0.2) is 52.6 Å². The van der Waals surface area contributed by atoms with Crippen molar-refractivity contribution >= 4 is 17.7 Å². The van der Waals surface area contributed by atoms with Gasteiger partial charge in [-0.25, -0.2) is 4.98 Å². The Balaban J connectivity index is 0.000000582. The van der Waals surface area contributed by atoms with Crippen molar-refractivity contribution in [3.63, 3.8) is 0 Å². The van der Waals surface area contributed by atoms with Crippen LogP contribution in [0.5, 0.6) is 0 Å². The molecule has 2 aromatic rings. The van der Waals surface area contributed by atoms with Gasteiger partial charge >= 0.3 is 5.97 Å². The molecule has 0 spiro atoms. The fraction of sp³-hybridized carbons (Fsp3) is 0.577. The lowest BCUT2D eigenvalue weighted by Gasteiger charge is -2.17. The van der Waals surface area contributed by atoms with Crippen LogP contribution in [0, 0.1) is 6.92 Å². The summed E-state index contributed by atoms with van der Waals surface area (Å²) < 4.78 is 0. The average molecular weight is 458 g/mol. The summed E-state index contributed by atoms with van der Waals surface area (Å²) >= 11 is 0. The first-order valence-electron chi connectivity index (χ1n) is 12.0. The molecule has 0 saturated heterocycles. The molecule has 184 valence electrons. The molecule has 0 aliphatic carbocycles. The molecule has 1 heterocycles. The highest BCUT2D eigenvalue weighted by molar-refractivity contribution is 5.70. The fourth-order valence-electron chi connectivity index (χ4n) is 3.39. The van der Waals surface area contributed by atoms with Gasteiger partial charge in [0.1, 0.15) is 5.82 Å². The first kappa shape index (κ1) is 28.4. The van der Waals surface area contributed by atoms with Gasteiger partial charge in [0.25, 0.3) is 0 Å². The van der Waals surface area contributed by atoms with Crippen LogP contribution in [0.1, 0.15) is 75.3 Å². The summed E-state index contributed by atoms with van der Waals surface area (Å²) in [6, 6.07) is 8.36. The normalized spacial score (nSPS) is 11.6. The number of rotatable bonds is 12. The number of carbonyl (C=O) groups is 1. The number of nitrogen functional groups attached to an aromatic ring is 1. The summed E-state index contributed by atoms with van der Waals surface area (Å²) in [6.07, 6.45) is 6.74. The molecule has 0 saturated carbocycles. The van der Waals surface area contributed by atoms with Gasteiger partial charge in [-0.3, -0.25) is 4.79 Å². The molecule has 0 aliphatic heterocycles. The first-order valence-corrected chi connectivity index (χ1v) is 12.0. The largest absolute Gasteiger partial charge is 0.481 e. The summed E-state index contributed by atoms with van der Waals surface area (Å²) in [5.74, 6) is 0.237. The van der Waals surface area contributed by atoms with Gasteiger partial charge < -0.3 is 21.1 Å². The van der Waals surface area contributed by atoms with E-state index >= 15 is 0 Å². The maximum atomic E-state index is 10.8. The predicted molar refractivity (Wildman–Crippen MR) is 138 cm³/mol. The number of aliphatic carboxylic acids is 1. The third kappa shape index (κ3) is 11.1. The highest BCUT2D eigenvalue weighted by Gasteiger charge is 2.12. The van der Waals surface area contributed by atoms with E-state index in [-0.39, 0.29) is 12.4 Å². The van der Waals surface area contributed by atoms with Crippen LogP contribution in [0.25, 0.3) is 0 Å². The van der Waals surface area contributed by atoms with Crippen molar-refractivity contribution < 1.29 is 9.90 Å². The Morgan fingerprint density at radius 2 is 1.73 bits per heavy atom. The summed E-state index contributed by atoms with van der Waals surface area (Å²) in [6.45, 7) is 9.44. The minimum atomic E-state index is -0.825. The summed E-state index contributed by atoms with van der Waals surface area (Å²) in [5, 5.41) is 12.2. The van der Waals surface area contributed by atoms with Crippen LogP contribution < -0.4 is 11.1 Å². The van der Waals surface area contributed by atoms with Crippen LogP contribution in [0.2, 0.25) is 0 Å². The predicted octanol–water partition coefficient (Wildman–Crippen LogP) is 4.92. The molecular formula is C26H43N5O2. The van der Waals surface area contributed by atoms with Gasteiger partial charge in [-0.1, -0.05) is 57.4 Å². The number of nitrogens with zero attached hydrogens (tertiary/aromatic N) is 3. The quantitative estimate of drug-likeness (QED) is 0.388. The van der Waals surface area contributed by atoms with E-state index in [1.807, 2.05) is 31.2 Å². The highest BCUT2D eigenvalue weighted by Crippen LogP contribution is 2.22. The molecule has 7 heteroatoms. The second-order valence-corrected chi connectivity index (χ2v) is 8.79. The maximum absolute atomic E-state index is 10.8. The zero-order valence-electron chi connectivity index (χ0n) is 21.3. The lowest BCUT2D eigenvalue weighted by molar-refractivity contribution is -0.136. The molecule has 33 heavy (non-hydrogen) atoms. The number of unbranched alkanes of at least 4 members (excludes halogenated alkanes) is 2. The lowest BCUT2D eigenvalue weighted by Crippen LogP contribution is -2.23. The molecule has 7 nitrogen and oxygen atoms in total. The van der Waals surface area contributed by atoms with Crippen molar-refractivity contribution in [1.29, 1.82) is 0 Å². The maximum Gasteiger partial charge on any atom is 0.307 e. The van der Waals surface area contributed by atoms with Crippen molar-refractivity contribution in [3.8, 4) is 0 Å². The Kier molecular flexibility index (Phi) is 13.1. The van der Waals surface area contributed by atoms with Crippen LogP contribution >= 0.6 is 0 Å². The molecule has 4 N–H and O–H groups in total. The third-order valence-electron chi connectivity index (χ3n) is 5.65. The average Bonchev–Trinajstić information content (AvgIpc) is 2.75. The van der Waals surface area contributed by atoms with Crippen LogP contribution in [0.15, 0.2) is 24.3 Å². The van der Waals surface area contributed by atoms with E-state index in [0.717, 1.165) is 47.2 Å². The number of carboxylic acids is 1. The number of nitrogens with one attached hydrogen (secondary N) is 1. The van der Waals surface area contributed by atoms with Gasteiger partial charge in [0.15, 0.2) is 0 Å². The van der Waals surface area contributed by atoms with Crippen molar-refractivity contribution in [2.24, 2.45) is 0 Å². The minimum Gasteiger partial charge on any atom is -0.481 e. The molecule has 0 bridgehead atoms. The summed E-state index contributed by atoms with van der Waals surface area (Å²) in [4.78, 5) is 21.7. The molecule has 1 aromatic heterocycles. The Morgan fingerprint density at radius 1 is 1.09 bits per heavy atom. The van der Waals surface area contributed by atoms with Gasteiger partial charge in [-0.15, -0.1) is 0 Å². The number of hydrogen-bond acceptors (Lipinski definition) is 6. The van der Waals surface area contributed by atoms with E-state index in [4.69, 9.17) is 10.8 Å². The summed E-state index contributed by atoms with van der Waals surface area (Å²) in [5.41, 5.74) is 9.56. The van der Waals surface area contributed by atoms with Crippen molar-refractivity contribution in [1.82, 2.24) is 14.9 Å². The molecule has 0 radical (unpaired) electrons. The zero-order valence-corrected chi connectivity index (χ0v) is 21.3. The molecular weight excluding hydrogens is 414 g/mol. The fourth-order valence-corrected chi connectivity index (χ4v) is 3.39. The number of anilines is 2. The van der Waals surface area contributed by atoms with E-state index in [2.05, 4.69) is 55.1 Å². The SMILES string of the molecule is CCCC(C)N(C)C.CCCCCNc1nc(N)nc(C)c1Cc1ccc(CC(=O)O)cc1. The van der Waals surface area contributed by atoms with Crippen LogP contribution in [-0.2, 0) is 17.6 Å². The Hall–Kier alpha value is -2.67. The van der Waals surface area contributed by atoms with Crippen LogP contribution in [0.4, 0.5) is 11.8 Å². The van der Waals surface area contributed by atoms with Gasteiger partial charge in [0.05, 0.1) is 6.42 Å². The topological polar surface area (TPSA) is 104 Å². The molecule has 2 rings (SSSR count). The number of carboxylic acid groups (broad SMARTS) is 1. The number of aryl methyl sites for hydroxylation is 1. The summed E-state index contributed by atoms with van der Waals surface area (Å²) in [7, 11) is 4.25. The van der Waals surface area contributed by atoms with Gasteiger partial charge in [0.2, 0.25) is 5.95 Å². The highest BCUT2D eigenvalue weighted by atomic mass is 16.4. The molecule has 1 aromatic carbocycles. The molecule has 1 unspecified atom stereocenters. The monoisotopic (exact) mass is 457 g/mol. The Bertz CT molecular complexity index is 837. The third-order valence-corrected chi connectivity index (χ3v) is 5.65. The number of hydrogen-bond donors (Lipinski definition) is 3. The molecule has 0 aliphatic rings. The van der Waals surface area contributed by atoms with Crippen LogP contribution in [0.3, 0.4) is 0 Å². The smallest absolute Gasteiger partial charge is 0.307 e. The van der Waals surface area contributed by atoms with E-state index in [0.29, 0.717) is 6.42 Å². The first-order chi connectivity index (χ1) is 15.7. The van der Waals surface area contributed by atoms with E-state index in [1.54, 1.807) is 0 Å². The van der Waals surface area contributed by atoms with Gasteiger partial charge in [-0.05, 0) is 51.9 Å². The molecule has 0 fully saturated rings. The Morgan fingerprint density at radius 3 is 2.24 bits per heavy atom. The molecule has 1 atom stereocenters. The standard InChI is InChI=1S/C19H26N4O2.C7H17N/c1-3-4-5-10-21-18-16(13(2)22-19(20)23-18)11-14-6-8-15(9-7-14)12-17(24)25;1-5-6-7(2)8(3)4/h6-9H,3-5,10-12H2,1-2H3,(H,24,25)(H3,20,21,22,23);7H,5-6H2,1-4H3. The van der Waals surface area contributed by atoms with Gasteiger partial charge in [-0.2, -0.15) is 4.98 Å². The Labute approximate surface area is 199 Å². The lowest BCUT2D eigenvalue weighted by atomic mass is 10.0. The van der Waals surface area contributed by atoms with E-state index in [9.17, 15) is 4.79 Å². The number of nitrogens with two attached hydrogens (primary N) is 1. The second-order valence-electron chi connectivity index (χ2n) is 8.79. The number of aromatic nitrogens is 2. The molecule has 0 amide bonds. The van der Waals surface area contributed by atoms with E-state index in [1.165, 1.54) is 25.7 Å². The van der Waals surface area contributed by atoms with Crippen molar-refractivity contribution in [3.05, 3.63) is 46.6 Å².